The summed E-state index contributed by atoms with van der Waals surface area (Å²) < 4.78 is 15.4. The largest absolute Gasteiger partial charge is 0.512 e. The minimum atomic E-state index is -1.59. The van der Waals surface area contributed by atoms with E-state index in [1.54, 1.807) is 13.8 Å². The molecule has 0 aliphatic carbocycles. The van der Waals surface area contributed by atoms with Crippen LogP contribution >= 0.6 is 0 Å². The molecule has 0 radical (unpaired) electrons. The van der Waals surface area contributed by atoms with Gasteiger partial charge in [-0.15, -0.1) is 0 Å². The van der Waals surface area contributed by atoms with Gasteiger partial charge in [-0.1, -0.05) is 36.9 Å². The number of carbonyl (C=O) groups excluding carboxylic acids is 2. The summed E-state index contributed by atoms with van der Waals surface area (Å²) in [5.41, 5.74) is 0.0622. The molecule has 1 fully saturated rings. The third-order valence-corrected chi connectivity index (χ3v) is 3.39. The first-order chi connectivity index (χ1) is 11.1. The molecule has 7 nitrogen and oxygen atoms in total. The molecule has 1 saturated heterocycles. The van der Waals surface area contributed by atoms with Gasteiger partial charge in [0.05, 0.1) is 0 Å². The van der Waals surface area contributed by atoms with E-state index in [4.69, 9.17) is 19.1 Å². The second kappa shape index (κ2) is 6.62. The summed E-state index contributed by atoms with van der Waals surface area (Å²) in [5.74, 6) is -2.27. The topological polar surface area (TPSA) is 80.3 Å². The molecule has 0 amide bonds. The predicted molar refractivity (Wildman–Crippen MR) is 82.3 cm³/mol. The molecule has 0 spiro atoms. The van der Waals surface area contributed by atoms with E-state index in [1.165, 1.54) is 13.8 Å². The molecule has 130 valence electrons. The lowest BCUT2D eigenvalue weighted by Crippen LogP contribution is -2.59. The molecule has 0 aromatic heterocycles. The molecule has 0 N–H and O–H groups in total. The molecule has 2 atom stereocenters. The lowest BCUT2D eigenvalue weighted by molar-refractivity contribution is -0.595. The Bertz CT molecular complexity index is 638. The molecule has 7 heteroatoms. The van der Waals surface area contributed by atoms with Crippen LogP contribution in [0.2, 0.25) is 0 Å². The van der Waals surface area contributed by atoms with Crippen molar-refractivity contribution in [3.05, 3.63) is 48.0 Å². The number of esters is 1. The van der Waals surface area contributed by atoms with E-state index < -0.39 is 29.8 Å². The average Bonchev–Trinajstić information content (AvgIpc) is 2.51. The molecular weight excluding hydrogens is 316 g/mol. The van der Waals surface area contributed by atoms with Crippen molar-refractivity contribution in [2.24, 2.45) is 0 Å². The highest BCUT2D eigenvalue weighted by atomic mass is 17.3. The summed E-state index contributed by atoms with van der Waals surface area (Å²) >= 11 is 0. The monoisotopic (exact) mass is 336 g/mol. The number of carbonyl (C=O) groups is 2. The van der Waals surface area contributed by atoms with E-state index in [1.807, 2.05) is 30.3 Å². The van der Waals surface area contributed by atoms with E-state index in [-0.39, 0.29) is 5.57 Å². The summed E-state index contributed by atoms with van der Waals surface area (Å²) in [7, 11) is 0. The van der Waals surface area contributed by atoms with Gasteiger partial charge in [-0.05, 0) is 26.3 Å². The molecule has 1 aromatic carbocycles. The highest BCUT2D eigenvalue weighted by Crippen LogP contribution is 2.34. The Balaban J connectivity index is 1.96. The highest BCUT2D eigenvalue weighted by Gasteiger charge is 2.55. The minimum absolute atomic E-state index is 0.181. The number of hydrogen-bond acceptors (Lipinski definition) is 7. The van der Waals surface area contributed by atoms with Gasteiger partial charge in [-0.25, -0.2) is 9.59 Å². The average molecular weight is 336 g/mol. The zero-order chi connectivity index (χ0) is 18.0. The zero-order valence-electron chi connectivity index (χ0n) is 14.0. The summed E-state index contributed by atoms with van der Waals surface area (Å²) in [4.78, 5) is 33.0. The van der Waals surface area contributed by atoms with Gasteiger partial charge < -0.3 is 14.2 Å². The maximum Gasteiger partial charge on any atom is 0.512 e. The minimum Gasteiger partial charge on any atom is -0.423 e. The van der Waals surface area contributed by atoms with Crippen molar-refractivity contribution in [1.82, 2.24) is 0 Å². The fourth-order valence-electron chi connectivity index (χ4n) is 1.91. The maximum absolute atomic E-state index is 12.1. The van der Waals surface area contributed by atoms with Crippen LogP contribution < -0.4 is 0 Å². The molecule has 1 aliphatic rings. The Morgan fingerprint density at radius 3 is 2.38 bits per heavy atom. The summed E-state index contributed by atoms with van der Waals surface area (Å²) in [6.07, 6.45) is -2.18. The first-order valence-electron chi connectivity index (χ1n) is 7.32. The van der Waals surface area contributed by atoms with Crippen LogP contribution in [0.15, 0.2) is 42.5 Å². The Kier molecular flexibility index (Phi) is 4.96. The van der Waals surface area contributed by atoms with Gasteiger partial charge in [0.2, 0.25) is 0 Å². The zero-order valence-corrected chi connectivity index (χ0v) is 14.0. The standard InChI is InChI=1S/C17H20O7/c1-11(2)13(18)20-14-17(5,24-23-14)22-15(19)21-16(3,4)12-9-7-6-8-10-12/h6-10,14H,1H2,2-5H3. The van der Waals surface area contributed by atoms with Crippen molar-refractivity contribution < 1.29 is 33.6 Å². The Morgan fingerprint density at radius 1 is 1.25 bits per heavy atom. The van der Waals surface area contributed by atoms with E-state index in [9.17, 15) is 9.59 Å². The Morgan fingerprint density at radius 2 is 1.88 bits per heavy atom. The SMILES string of the molecule is C=C(C)C(=O)OC1OOC1(C)OC(=O)OC(C)(C)c1ccccc1. The maximum atomic E-state index is 12.1. The third-order valence-electron chi connectivity index (χ3n) is 3.39. The molecule has 1 aromatic rings. The molecule has 2 rings (SSSR count). The highest BCUT2D eigenvalue weighted by molar-refractivity contribution is 5.87. The van der Waals surface area contributed by atoms with Crippen molar-refractivity contribution in [2.75, 3.05) is 0 Å². The van der Waals surface area contributed by atoms with Crippen molar-refractivity contribution in [3.8, 4) is 0 Å². The third kappa shape index (κ3) is 3.93. The van der Waals surface area contributed by atoms with E-state index in [2.05, 4.69) is 11.5 Å². The van der Waals surface area contributed by atoms with Crippen LogP contribution in [-0.4, -0.2) is 24.2 Å². The van der Waals surface area contributed by atoms with Gasteiger partial charge in [0, 0.05) is 12.5 Å². The first kappa shape index (κ1) is 18.0. The van der Waals surface area contributed by atoms with Crippen molar-refractivity contribution in [1.29, 1.82) is 0 Å². The van der Waals surface area contributed by atoms with Crippen LogP contribution in [0.1, 0.15) is 33.3 Å². The van der Waals surface area contributed by atoms with Crippen LogP contribution in [0.4, 0.5) is 4.79 Å². The van der Waals surface area contributed by atoms with Crippen LogP contribution in [0.3, 0.4) is 0 Å². The van der Waals surface area contributed by atoms with Crippen LogP contribution in [0, 0.1) is 0 Å². The normalized spacial score (nSPS) is 22.9. The predicted octanol–water partition coefficient (Wildman–Crippen LogP) is 3.20. The molecule has 1 aliphatic heterocycles. The Labute approximate surface area is 140 Å². The van der Waals surface area contributed by atoms with Gasteiger partial charge >= 0.3 is 24.2 Å². The molecule has 1 heterocycles. The molecule has 24 heavy (non-hydrogen) atoms. The van der Waals surface area contributed by atoms with Crippen LogP contribution in [0.5, 0.6) is 0 Å². The smallest absolute Gasteiger partial charge is 0.423 e. The quantitative estimate of drug-likeness (QED) is 0.464. The molecule has 0 bridgehead atoms. The van der Waals surface area contributed by atoms with Crippen molar-refractivity contribution >= 4 is 12.1 Å². The van der Waals surface area contributed by atoms with Crippen molar-refractivity contribution in [3.63, 3.8) is 0 Å². The van der Waals surface area contributed by atoms with Crippen LogP contribution in [0.25, 0.3) is 0 Å². The second-order valence-corrected chi connectivity index (χ2v) is 6.04. The van der Waals surface area contributed by atoms with Gasteiger partial charge in [-0.2, -0.15) is 9.78 Å². The lowest BCUT2D eigenvalue weighted by atomic mass is 9.98. The second-order valence-electron chi connectivity index (χ2n) is 6.04. The fourth-order valence-corrected chi connectivity index (χ4v) is 1.91. The van der Waals surface area contributed by atoms with Gasteiger partial charge in [-0.3, -0.25) is 0 Å². The first-order valence-corrected chi connectivity index (χ1v) is 7.32. The van der Waals surface area contributed by atoms with E-state index in [0.29, 0.717) is 0 Å². The molecular formula is C17H20O7. The Hall–Kier alpha value is -2.38. The van der Waals surface area contributed by atoms with Crippen molar-refractivity contribution in [2.45, 2.75) is 45.4 Å². The number of rotatable bonds is 5. The molecule has 0 saturated carbocycles. The number of benzene rings is 1. The summed E-state index contributed by atoms with van der Waals surface area (Å²) in [6.45, 7) is 9.78. The summed E-state index contributed by atoms with van der Waals surface area (Å²) in [6, 6.07) is 9.19. The number of ether oxygens (including phenoxy) is 3. The lowest BCUT2D eigenvalue weighted by Gasteiger charge is -2.41. The molecule has 2 unspecified atom stereocenters. The van der Waals surface area contributed by atoms with Crippen LogP contribution in [-0.2, 0) is 34.4 Å². The van der Waals surface area contributed by atoms with E-state index in [0.717, 1.165) is 5.56 Å². The number of hydrogen-bond donors (Lipinski definition) is 0. The van der Waals surface area contributed by atoms with Gasteiger partial charge in [0.15, 0.2) is 0 Å². The van der Waals surface area contributed by atoms with Gasteiger partial charge in [0.25, 0.3) is 0 Å². The fraction of sp³-hybridized carbons (Fsp3) is 0.412. The van der Waals surface area contributed by atoms with Gasteiger partial charge in [0.1, 0.15) is 5.60 Å². The van der Waals surface area contributed by atoms with E-state index >= 15 is 0 Å². The summed E-state index contributed by atoms with van der Waals surface area (Å²) in [5, 5.41) is 0.